The summed E-state index contributed by atoms with van der Waals surface area (Å²) in [6, 6.07) is 15.2. The molecule has 0 unspecified atom stereocenters. The van der Waals surface area contributed by atoms with E-state index in [9.17, 15) is 4.79 Å². The lowest BCUT2D eigenvalue weighted by Crippen LogP contribution is -2.41. The van der Waals surface area contributed by atoms with E-state index in [-0.39, 0.29) is 12.0 Å². The highest BCUT2D eigenvalue weighted by molar-refractivity contribution is 6.30. The summed E-state index contributed by atoms with van der Waals surface area (Å²) >= 11 is 5.90. The van der Waals surface area contributed by atoms with Gasteiger partial charge in [-0.2, -0.15) is 0 Å². The van der Waals surface area contributed by atoms with Gasteiger partial charge >= 0.3 is 0 Å². The van der Waals surface area contributed by atoms with Crippen molar-refractivity contribution in [3.8, 4) is 5.75 Å². The van der Waals surface area contributed by atoms with E-state index in [0.717, 1.165) is 35.1 Å². The quantitative estimate of drug-likeness (QED) is 0.752. The Morgan fingerprint density at radius 3 is 2.60 bits per heavy atom. The van der Waals surface area contributed by atoms with E-state index in [1.807, 2.05) is 59.6 Å². The first-order valence-corrected chi connectivity index (χ1v) is 8.86. The third-order valence-corrected chi connectivity index (χ3v) is 4.92. The lowest BCUT2D eigenvalue weighted by atomic mass is 10.0. The summed E-state index contributed by atoms with van der Waals surface area (Å²) in [6.45, 7) is 1.41. The number of ether oxygens (including phenoxy) is 1. The molecule has 4 nitrogen and oxygen atoms in total. The Morgan fingerprint density at radius 1 is 1.08 bits per heavy atom. The smallest absolute Gasteiger partial charge is 0.255 e. The predicted molar refractivity (Wildman–Crippen MR) is 99.3 cm³/mol. The molecule has 0 aliphatic carbocycles. The number of H-pyrrole nitrogens is 1. The molecule has 128 valence electrons. The molecular formula is C20H19ClN2O2. The number of nitrogens with one attached hydrogen (secondary N) is 1. The number of para-hydroxylation sites is 1. The molecule has 2 aromatic carbocycles. The van der Waals surface area contributed by atoms with Crippen molar-refractivity contribution in [3.05, 3.63) is 65.3 Å². The van der Waals surface area contributed by atoms with Crippen molar-refractivity contribution in [2.75, 3.05) is 13.1 Å². The van der Waals surface area contributed by atoms with Crippen LogP contribution >= 0.6 is 11.6 Å². The van der Waals surface area contributed by atoms with Crippen molar-refractivity contribution in [3.63, 3.8) is 0 Å². The summed E-state index contributed by atoms with van der Waals surface area (Å²) in [7, 11) is 0. The van der Waals surface area contributed by atoms with Crippen molar-refractivity contribution in [2.24, 2.45) is 0 Å². The molecule has 0 saturated carbocycles. The van der Waals surface area contributed by atoms with Crippen molar-refractivity contribution in [1.29, 1.82) is 0 Å². The highest BCUT2D eigenvalue weighted by Gasteiger charge is 2.25. The fourth-order valence-corrected chi connectivity index (χ4v) is 3.44. The number of hydrogen-bond acceptors (Lipinski definition) is 2. The minimum absolute atomic E-state index is 0.0815. The Hall–Kier alpha value is -2.46. The van der Waals surface area contributed by atoms with Gasteiger partial charge in [0, 0.05) is 42.5 Å². The number of fused-ring (bicyclic) bond motifs is 1. The standard InChI is InChI=1S/C20H19ClN2O2/c21-15-4-6-16(7-5-15)25-17-9-12-23(13-10-17)20(24)18-3-1-2-14-8-11-22-19(14)18/h1-8,11,17,22H,9-10,12-13H2. The number of benzene rings is 2. The second kappa shape index (κ2) is 6.81. The van der Waals surface area contributed by atoms with Crippen LogP contribution in [-0.2, 0) is 0 Å². The number of nitrogens with zero attached hydrogens (tertiary/aromatic N) is 1. The number of amides is 1. The number of piperidine rings is 1. The third kappa shape index (κ3) is 3.35. The van der Waals surface area contributed by atoms with Crippen molar-refractivity contribution >= 4 is 28.4 Å². The maximum Gasteiger partial charge on any atom is 0.255 e. The van der Waals surface area contributed by atoms with Crippen molar-refractivity contribution in [2.45, 2.75) is 18.9 Å². The highest BCUT2D eigenvalue weighted by atomic mass is 35.5. The van der Waals surface area contributed by atoms with Gasteiger partial charge in [-0.25, -0.2) is 0 Å². The molecule has 1 aromatic heterocycles. The molecule has 0 bridgehead atoms. The Bertz CT molecular complexity index is 880. The van der Waals surface area contributed by atoms with Crippen LogP contribution < -0.4 is 4.74 Å². The molecule has 4 rings (SSSR count). The number of aromatic nitrogens is 1. The predicted octanol–water partition coefficient (Wildman–Crippen LogP) is 4.50. The summed E-state index contributed by atoms with van der Waals surface area (Å²) in [6.07, 6.45) is 3.66. The third-order valence-electron chi connectivity index (χ3n) is 4.66. The van der Waals surface area contributed by atoms with Gasteiger partial charge in [0.1, 0.15) is 11.9 Å². The van der Waals surface area contributed by atoms with Gasteiger partial charge in [0.25, 0.3) is 5.91 Å². The monoisotopic (exact) mass is 354 g/mol. The normalized spacial score (nSPS) is 15.5. The van der Waals surface area contributed by atoms with Crippen LogP contribution in [0.5, 0.6) is 5.75 Å². The first-order valence-electron chi connectivity index (χ1n) is 8.48. The Kier molecular flexibility index (Phi) is 4.36. The fourth-order valence-electron chi connectivity index (χ4n) is 3.32. The van der Waals surface area contributed by atoms with Crippen LogP contribution in [-0.4, -0.2) is 35.0 Å². The van der Waals surface area contributed by atoms with Gasteiger partial charge in [0.15, 0.2) is 0 Å². The molecule has 1 N–H and O–H groups in total. The maximum absolute atomic E-state index is 12.9. The number of likely N-dealkylation sites (tertiary alicyclic amines) is 1. The minimum Gasteiger partial charge on any atom is -0.490 e. The van der Waals surface area contributed by atoms with Gasteiger partial charge < -0.3 is 14.6 Å². The molecule has 0 atom stereocenters. The van der Waals surface area contributed by atoms with Crippen LogP contribution in [0.15, 0.2) is 54.7 Å². The molecule has 1 aliphatic heterocycles. The molecule has 1 amide bonds. The SMILES string of the molecule is O=C(c1cccc2cc[nH]c12)N1CCC(Oc2ccc(Cl)cc2)CC1. The Morgan fingerprint density at radius 2 is 1.84 bits per heavy atom. The van der Waals surface area contributed by atoms with E-state index in [0.29, 0.717) is 18.1 Å². The van der Waals surface area contributed by atoms with Crippen LogP contribution in [0.3, 0.4) is 0 Å². The van der Waals surface area contributed by atoms with Gasteiger partial charge in [0.2, 0.25) is 0 Å². The van der Waals surface area contributed by atoms with Crippen LogP contribution in [0.4, 0.5) is 0 Å². The van der Waals surface area contributed by atoms with E-state index >= 15 is 0 Å². The molecular weight excluding hydrogens is 336 g/mol. The average Bonchev–Trinajstić information content (AvgIpc) is 3.12. The van der Waals surface area contributed by atoms with Gasteiger partial charge in [-0.05, 0) is 36.4 Å². The Labute approximate surface area is 151 Å². The molecule has 0 spiro atoms. The minimum atomic E-state index is 0.0815. The van der Waals surface area contributed by atoms with Gasteiger partial charge in [0.05, 0.1) is 11.1 Å². The molecule has 25 heavy (non-hydrogen) atoms. The number of hydrogen-bond donors (Lipinski definition) is 1. The summed E-state index contributed by atoms with van der Waals surface area (Å²) in [5, 5.41) is 1.76. The van der Waals surface area contributed by atoms with Gasteiger partial charge in [-0.1, -0.05) is 23.7 Å². The summed E-state index contributed by atoms with van der Waals surface area (Å²) in [5.41, 5.74) is 1.65. The summed E-state index contributed by atoms with van der Waals surface area (Å²) in [5.74, 6) is 0.906. The molecule has 1 saturated heterocycles. The zero-order valence-corrected chi connectivity index (χ0v) is 14.5. The maximum atomic E-state index is 12.9. The number of rotatable bonds is 3. The highest BCUT2D eigenvalue weighted by Crippen LogP contribution is 2.23. The number of carbonyl (C=O) groups is 1. The number of aromatic amines is 1. The Balaban J connectivity index is 1.40. The zero-order chi connectivity index (χ0) is 17.2. The van der Waals surface area contributed by atoms with Crippen molar-refractivity contribution in [1.82, 2.24) is 9.88 Å². The lowest BCUT2D eigenvalue weighted by molar-refractivity contribution is 0.0597. The number of halogens is 1. The van der Waals surface area contributed by atoms with Crippen LogP contribution in [0.2, 0.25) is 5.02 Å². The topological polar surface area (TPSA) is 45.3 Å². The average molecular weight is 355 g/mol. The van der Waals surface area contributed by atoms with E-state index in [2.05, 4.69) is 4.98 Å². The van der Waals surface area contributed by atoms with Gasteiger partial charge in [-0.3, -0.25) is 4.79 Å². The van der Waals surface area contributed by atoms with Crippen LogP contribution in [0.25, 0.3) is 10.9 Å². The van der Waals surface area contributed by atoms with Crippen molar-refractivity contribution < 1.29 is 9.53 Å². The van der Waals surface area contributed by atoms with E-state index in [1.165, 1.54) is 0 Å². The molecule has 1 aliphatic rings. The number of carbonyl (C=O) groups excluding carboxylic acids is 1. The zero-order valence-electron chi connectivity index (χ0n) is 13.7. The molecule has 5 heteroatoms. The van der Waals surface area contributed by atoms with E-state index < -0.39 is 0 Å². The second-order valence-corrected chi connectivity index (χ2v) is 6.75. The fraction of sp³-hybridized carbons (Fsp3) is 0.250. The van der Waals surface area contributed by atoms with E-state index in [1.54, 1.807) is 0 Å². The second-order valence-electron chi connectivity index (χ2n) is 6.31. The summed E-state index contributed by atoms with van der Waals surface area (Å²) in [4.78, 5) is 17.9. The largest absolute Gasteiger partial charge is 0.490 e. The molecule has 2 heterocycles. The van der Waals surface area contributed by atoms with Crippen LogP contribution in [0.1, 0.15) is 23.2 Å². The molecule has 3 aromatic rings. The first kappa shape index (κ1) is 16.0. The first-order chi connectivity index (χ1) is 12.2. The summed E-state index contributed by atoms with van der Waals surface area (Å²) < 4.78 is 6.00. The van der Waals surface area contributed by atoms with E-state index in [4.69, 9.17) is 16.3 Å². The van der Waals surface area contributed by atoms with Gasteiger partial charge in [-0.15, -0.1) is 0 Å². The molecule has 1 fully saturated rings. The molecule has 0 radical (unpaired) electrons. The van der Waals surface area contributed by atoms with Crippen LogP contribution in [0, 0.1) is 0 Å². The lowest BCUT2D eigenvalue weighted by Gasteiger charge is -2.32.